The number of pyridine rings is 1. The van der Waals surface area contributed by atoms with E-state index in [-0.39, 0.29) is 11.3 Å². The molecule has 0 aliphatic heterocycles. The molecule has 0 aromatic carbocycles. The number of nitrogens with zero attached hydrogens (tertiary/aromatic N) is 2. The summed E-state index contributed by atoms with van der Waals surface area (Å²) in [6.07, 6.45) is 0. The van der Waals surface area contributed by atoms with Crippen LogP contribution in [0.1, 0.15) is 16.1 Å². The van der Waals surface area contributed by atoms with Gasteiger partial charge in [0.1, 0.15) is 10.7 Å². The van der Waals surface area contributed by atoms with Gasteiger partial charge in [-0.3, -0.25) is 0 Å². The number of hydrogen-bond acceptors (Lipinski definition) is 3. The highest BCUT2D eigenvalue weighted by Crippen LogP contribution is 2.11. The minimum absolute atomic E-state index is 0.0827. The highest BCUT2D eigenvalue weighted by atomic mass is 79.9. The first-order valence-electron chi connectivity index (χ1n) is 2.95. The lowest BCUT2D eigenvalue weighted by Crippen LogP contribution is -2.01. The monoisotopic (exact) mass is 226 g/mol. The normalized spacial score (nSPS) is 9.00. The largest absolute Gasteiger partial charge is 0.478 e. The van der Waals surface area contributed by atoms with Gasteiger partial charge >= 0.3 is 5.97 Å². The molecule has 1 N–H and O–H groups in total. The molecule has 0 amide bonds. The molecule has 5 heteroatoms. The van der Waals surface area contributed by atoms with E-state index < -0.39 is 5.97 Å². The Morgan fingerprint density at radius 2 is 2.33 bits per heavy atom. The van der Waals surface area contributed by atoms with Crippen molar-refractivity contribution in [1.29, 1.82) is 5.26 Å². The number of nitriles is 1. The van der Waals surface area contributed by atoms with Crippen LogP contribution in [0.4, 0.5) is 0 Å². The Morgan fingerprint density at radius 1 is 1.67 bits per heavy atom. The first kappa shape index (κ1) is 8.68. The average molecular weight is 227 g/mol. The van der Waals surface area contributed by atoms with Crippen LogP contribution < -0.4 is 0 Å². The van der Waals surface area contributed by atoms with E-state index in [0.29, 0.717) is 4.60 Å². The quantitative estimate of drug-likeness (QED) is 0.736. The average Bonchev–Trinajstić information content (AvgIpc) is 2.03. The summed E-state index contributed by atoms with van der Waals surface area (Å²) in [5.74, 6) is -1.15. The van der Waals surface area contributed by atoms with Gasteiger partial charge in [-0.15, -0.1) is 0 Å². The molecule has 0 atom stereocenters. The first-order valence-corrected chi connectivity index (χ1v) is 3.74. The summed E-state index contributed by atoms with van der Waals surface area (Å²) < 4.78 is 0.448. The second kappa shape index (κ2) is 3.32. The molecule has 0 spiro atoms. The Labute approximate surface area is 76.6 Å². The topological polar surface area (TPSA) is 74.0 Å². The van der Waals surface area contributed by atoms with E-state index in [4.69, 9.17) is 10.4 Å². The SMILES string of the molecule is N#Cc1nc(Br)ccc1C(=O)O. The van der Waals surface area contributed by atoms with Crippen molar-refractivity contribution in [3.8, 4) is 6.07 Å². The second-order valence-corrected chi connectivity index (χ2v) is 2.76. The van der Waals surface area contributed by atoms with Crippen molar-refractivity contribution in [2.45, 2.75) is 0 Å². The lowest BCUT2D eigenvalue weighted by atomic mass is 10.2. The van der Waals surface area contributed by atoms with Crippen LogP contribution in [-0.4, -0.2) is 16.1 Å². The number of rotatable bonds is 1. The van der Waals surface area contributed by atoms with Crippen LogP contribution in [0.5, 0.6) is 0 Å². The van der Waals surface area contributed by atoms with E-state index in [9.17, 15) is 4.79 Å². The van der Waals surface area contributed by atoms with Crippen LogP contribution in [0.25, 0.3) is 0 Å². The molecule has 12 heavy (non-hydrogen) atoms. The van der Waals surface area contributed by atoms with Gasteiger partial charge in [0, 0.05) is 0 Å². The number of aromatic nitrogens is 1. The molecule has 0 fully saturated rings. The molecule has 0 aliphatic rings. The van der Waals surface area contributed by atoms with Gasteiger partial charge in [0.2, 0.25) is 0 Å². The zero-order valence-electron chi connectivity index (χ0n) is 5.78. The Balaban J connectivity index is 3.32. The molecule has 1 rings (SSSR count). The van der Waals surface area contributed by atoms with E-state index in [0.717, 1.165) is 0 Å². The van der Waals surface area contributed by atoms with Crippen molar-refractivity contribution in [3.05, 3.63) is 28.0 Å². The van der Waals surface area contributed by atoms with Crippen molar-refractivity contribution in [2.24, 2.45) is 0 Å². The van der Waals surface area contributed by atoms with Crippen LogP contribution in [0.3, 0.4) is 0 Å². The summed E-state index contributed by atoms with van der Waals surface area (Å²) in [4.78, 5) is 14.2. The Hall–Kier alpha value is -1.41. The third-order valence-electron chi connectivity index (χ3n) is 1.20. The van der Waals surface area contributed by atoms with Gasteiger partial charge in [0.15, 0.2) is 5.69 Å². The smallest absolute Gasteiger partial charge is 0.338 e. The predicted molar refractivity (Wildman–Crippen MR) is 43.6 cm³/mol. The molecule has 1 heterocycles. The van der Waals surface area contributed by atoms with E-state index in [1.54, 1.807) is 6.07 Å². The zero-order valence-corrected chi connectivity index (χ0v) is 7.37. The molecule has 1 aromatic heterocycles. The molecular weight excluding hydrogens is 224 g/mol. The van der Waals surface area contributed by atoms with Gasteiger partial charge in [-0.2, -0.15) is 5.26 Å². The van der Waals surface area contributed by atoms with Gasteiger partial charge in [-0.1, -0.05) is 0 Å². The Morgan fingerprint density at radius 3 is 2.83 bits per heavy atom. The summed E-state index contributed by atoms with van der Waals surface area (Å²) in [5, 5.41) is 17.1. The summed E-state index contributed by atoms with van der Waals surface area (Å²) >= 11 is 3.03. The fourth-order valence-corrected chi connectivity index (χ4v) is 1.00. The van der Waals surface area contributed by atoms with E-state index in [1.165, 1.54) is 12.1 Å². The van der Waals surface area contributed by atoms with Crippen molar-refractivity contribution in [3.63, 3.8) is 0 Å². The number of aromatic carboxylic acids is 1. The second-order valence-electron chi connectivity index (χ2n) is 1.95. The van der Waals surface area contributed by atoms with Crippen LogP contribution in [0, 0.1) is 11.3 Å². The predicted octanol–water partition coefficient (Wildman–Crippen LogP) is 1.41. The molecule has 1 aromatic rings. The van der Waals surface area contributed by atoms with Crippen LogP contribution >= 0.6 is 15.9 Å². The van der Waals surface area contributed by atoms with Crippen molar-refractivity contribution < 1.29 is 9.90 Å². The number of carbonyl (C=O) groups is 1. The van der Waals surface area contributed by atoms with Gasteiger partial charge in [0.05, 0.1) is 5.56 Å². The standard InChI is InChI=1S/C7H3BrN2O2/c8-6-2-1-4(7(11)12)5(3-9)10-6/h1-2H,(H,11,12). The fraction of sp³-hybridized carbons (Fsp3) is 0. The molecule has 0 saturated carbocycles. The van der Waals surface area contributed by atoms with Gasteiger partial charge < -0.3 is 5.11 Å². The van der Waals surface area contributed by atoms with E-state index >= 15 is 0 Å². The van der Waals surface area contributed by atoms with E-state index in [2.05, 4.69) is 20.9 Å². The zero-order chi connectivity index (χ0) is 9.14. The summed E-state index contributed by atoms with van der Waals surface area (Å²) in [6.45, 7) is 0. The highest BCUT2D eigenvalue weighted by Gasteiger charge is 2.10. The maximum atomic E-state index is 10.5. The lowest BCUT2D eigenvalue weighted by molar-refractivity contribution is 0.0696. The summed E-state index contributed by atoms with van der Waals surface area (Å²) in [5.41, 5.74) is -0.169. The van der Waals surface area contributed by atoms with E-state index in [1.807, 2.05) is 0 Å². The molecule has 0 unspecified atom stereocenters. The third-order valence-corrected chi connectivity index (χ3v) is 1.64. The van der Waals surface area contributed by atoms with Crippen molar-refractivity contribution in [1.82, 2.24) is 4.98 Å². The van der Waals surface area contributed by atoms with Gasteiger partial charge in [-0.25, -0.2) is 9.78 Å². The van der Waals surface area contributed by atoms with Crippen LogP contribution in [-0.2, 0) is 0 Å². The van der Waals surface area contributed by atoms with Crippen molar-refractivity contribution >= 4 is 21.9 Å². The van der Waals surface area contributed by atoms with Gasteiger partial charge in [0.25, 0.3) is 0 Å². The number of carboxylic acids is 1. The summed E-state index contributed by atoms with van der Waals surface area (Å²) in [7, 11) is 0. The molecule has 0 saturated heterocycles. The maximum Gasteiger partial charge on any atom is 0.338 e. The lowest BCUT2D eigenvalue weighted by Gasteiger charge is -1.96. The minimum atomic E-state index is -1.15. The van der Waals surface area contributed by atoms with Crippen molar-refractivity contribution in [2.75, 3.05) is 0 Å². The summed E-state index contributed by atoms with van der Waals surface area (Å²) in [6, 6.07) is 4.50. The molecule has 0 radical (unpaired) electrons. The molecule has 60 valence electrons. The van der Waals surface area contributed by atoms with Crippen LogP contribution in [0.2, 0.25) is 0 Å². The first-order chi connectivity index (χ1) is 5.65. The number of halogens is 1. The van der Waals surface area contributed by atoms with Gasteiger partial charge in [-0.05, 0) is 28.1 Å². The Bertz CT molecular complexity index is 370. The highest BCUT2D eigenvalue weighted by molar-refractivity contribution is 9.10. The fourth-order valence-electron chi connectivity index (χ4n) is 0.693. The molecular formula is C7H3BrN2O2. The molecule has 4 nitrogen and oxygen atoms in total. The minimum Gasteiger partial charge on any atom is -0.478 e. The maximum absolute atomic E-state index is 10.5. The number of hydrogen-bond donors (Lipinski definition) is 1. The van der Waals surface area contributed by atoms with Crippen LogP contribution in [0.15, 0.2) is 16.7 Å². The third kappa shape index (κ3) is 1.60. The Kier molecular flexibility index (Phi) is 2.41. The molecule has 0 aliphatic carbocycles. The number of carboxylic acid groups (broad SMARTS) is 1. The molecule has 0 bridgehead atoms.